The van der Waals surface area contributed by atoms with Crippen molar-refractivity contribution in [2.45, 2.75) is 81.5 Å². The quantitative estimate of drug-likeness (QED) is 0.450. The zero-order chi connectivity index (χ0) is 28.7. The molecule has 3 heterocycles. The highest BCUT2D eigenvalue weighted by molar-refractivity contribution is 7.91. The van der Waals surface area contributed by atoms with Crippen molar-refractivity contribution in [1.82, 2.24) is 15.2 Å². The van der Waals surface area contributed by atoms with E-state index in [1.165, 1.54) is 20.8 Å². The number of halogens is 6. The van der Waals surface area contributed by atoms with Gasteiger partial charge in [-0.05, 0) is 46.1 Å². The van der Waals surface area contributed by atoms with E-state index < -0.39 is 85.4 Å². The molecule has 1 amide bonds. The van der Waals surface area contributed by atoms with E-state index >= 15 is 0 Å². The van der Waals surface area contributed by atoms with Crippen LogP contribution in [0.25, 0.3) is 11.6 Å². The third-order valence-electron chi connectivity index (χ3n) is 5.38. The van der Waals surface area contributed by atoms with E-state index in [9.17, 15) is 44.7 Å². The molecule has 10 nitrogen and oxygen atoms in total. The van der Waals surface area contributed by atoms with Crippen LogP contribution in [0.15, 0.2) is 15.5 Å². The lowest BCUT2D eigenvalue weighted by Crippen LogP contribution is -2.42. The minimum atomic E-state index is -5.27. The van der Waals surface area contributed by atoms with Crippen LogP contribution < -0.4 is 5.32 Å². The first-order chi connectivity index (χ1) is 17.2. The summed E-state index contributed by atoms with van der Waals surface area (Å²) in [6, 6.07) is 0.241. The molecule has 212 valence electrons. The van der Waals surface area contributed by atoms with Gasteiger partial charge in [0, 0.05) is 0 Å². The van der Waals surface area contributed by atoms with Gasteiger partial charge in [-0.15, -0.1) is 10.2 Å². The fourth-order valence-corrected chi connectivity index (χ4v) is 5.11. The number of pyridine rings is 1. The number of aromatic nitrogens is 3. The number of fused-ring (bicyclic) bond motifs is 5. The number of hydrogen-bond donors (Lipinski definition) is 2. The predicted octanol–water partition coefficient (Wildman–Crippen LogP) is 4.99. The highest BCUT2D eigenvalue weighted by Gasteiger charge is 2.58. The standard InChI is InChI=1S/C21H24F6N4O6S/c1-18(2,3)37-17(32)28-12-10-11(20(22,23)24)15-29-13(12)14-30-31-16(36-14)19(33,21(25,26)27)8-6-4-5-7-9-38(15,34)35/h10,33H,4-9H2,1-3H3,(H,28,32). The molecule has 0 saturated carbocycles. The number of nitrogens with one attached hydrogen (secondary N) is 1. The molecule has 4 bridgehead atoms. The Bertz CT molecular complexity index is 1300. The molecule has 1 atom stereocenters. The minimum absolute atomic E-state index is 0.0262. The van der Waals surface area contributed by atoms with Crippen molar-refractivity contribution in [1.29, 1.82) is 0 Å². The monoisotopic (exact) mass is 574 g/mol. The van der Waals surface area contributed by atoms with Gasteiger partial charge in [0.15, 0.2) is 20.6 Å². The molecule has 0 aromatic carbocycles. The highest BCUT2D eigenvalue weighted by Crippen LogP contribution is 2.44. The van der Waals surface area contributed by atoms with Crippen molar-refractivity contribution in [3.63, 3.8) is 0 Å². The second-order valence-electron chi connectivity index (χ2n) is 9.62. The number of hydrogen-bond acceptors (Lipinski definition) is 9. The van der Waals surface area contributed by atoms with Crippen LogP contribution in [0, 0.1) is 0 Å². The number of ether oxygens (including phenoxy) is 1. The van der Waals surface area contributed by atoms with E-state index in [4.69, 9.17) is 9.15 Å². The maximum Gasteiger partial charge on any atom is 0.426 e. The van der Waals surface area contributed by atoms with Crippen molar-refractivity contribution < 1.29 is 53.8 Å². The van der Waals surface area contributed by atoms with E-state index in [1.807, 2.05) is 5.32 Å². The molecule has 2 aromatic rings. The number of nitrogens with zero attached hydrogens (tertiary/aromatic N) is 3. The Morgan fingerprint density at radius 3 is 2.29 bits per heavy atom. The summed E-state index contributed by atoms with van der Waals surface area (Å²) >= 11 is 0. The summed E-state index contributed by atoms with van der Waals surface area (Å²) in [6.45, 7) is 4.36. The maximum absolute atomic E-state index is 13.9. The molecular weight excluding hydrogens is 550 g/mol. The Morgan fingerprint density at radius 1 is 1.08 bits per heavy atom. The lowest BCUT2D eigenvalue weighted by atomic mass is 9.95. The summed E-state index contributed by atoms with van der Waals surface area (Å²) in [5.41, 5.74) is -8.14. The number of sulfone groups is 1. The Labute approximate surface area is 212 Å². The number of anilines is 1. The zero-order valence-corrected chi connectivity index (χ0v) is 21.1. The predicted molar refractivity (Wildman–Crippen MR) is 117 cm³/mol. The molecule has 0 fully saturated rings. The van der Waals surface area contributed by atoms with E-state index in [2.05, 4.69) is 15.2 Å². The number of aliphatic hydroxyl groups is 1. The fourth-order valence-electron chi connectivity index (χ4n) is 3.59. The van der Waals surface area contributed by atoms with E-state index in [0.717, 1.165) is 0 Å². The number of rotatable bonds is 1. The van der Waals surface area contributed by atoms with Gasteiger partial charge >= 0.3 is 18.4 Å². The van der Waals surface area contributed by atoms with Gasteiger partial charge in [0.05, 0.1) is 17.0 Å². The van der Waals surface area contributed by atoms with Gasteiger partial charge < -0.3 is 14.3 Å². The zero-order valence-electron chi connectivity index (χ0n) is 20.3. The van der Waals surface area contributed by atoms with Crippen LogP contribution in [0.2, 0.25) is 0 Å². The number of amides is 1. The van der Waals surface area contributed by atoms with Crippen LogP contribution in [0.1, 0.15) is 64.3 Å². The fraction of sp³-hybridized carbons (Fsp3) is 0.619. The number of alkyl halides is 6. The molecule has 17 heteroatoms. The summed E-state index contributed by atoms with van der Waals surface area (Å²) in [5, 5.41) is 17.6. The summed E-state index contributed by atoms with van der Waals surface area (Å²) in [7, 11) is -4.67. The third kappa shape index (κ3) is 6.36. The Balaban J connectivity index is 2.31. The topological polar surface area (TPSA) is 145 Å². The van der Waals surface area contributed by atoms with Crippen molar-refractivity contribution in [3.8, 4) is 11.6 Å². The number of carbonyl (C=O) groups excluding carboxylic acids is 1. The summed E-state index contributed by atoms with van der Waals surface area (Å²) in [6.07, 6.45) is -13.1. The van der Waals surface area contributed by atoms with Gasteiger partial charge in [0.2, 0.25) is 5.60 Å². The SMILES string of the molecule is CC(C)(C)OC(=O)Nc1cc(C(F)(F)F)c2nc1-c1nnc(o1)C(O)(C(F)(F)F)CCCCCCS2(=O)=O. The third-order valence-corrected chi connectivity index (χ3v) is 7.10. The van der Waals surface area contributed by atoms with Gasteiger partial charge in [-0.2, -0.15) is 26.3 Å². The second kappa shape index (κ2) is 9.98. The molecule has 1 aliphatic rings. The number of carbonyl (C=O) groups is 1. The van der Waals surface area contributed by atoms with Gasteiger partial charge in [-0.1, -0.05) is 12.8 Å². The second-order valence-corrected chi connectivity index (χ2v) is 11.6. The largest absolute Gasteiger partial charge is 0.444 e. The van der Waals surface area contributed by atoms with Crippen LogP contribution in [-0.4, -0.2) is 52.3 Å². The molecule has 2 aromatic heterocycles. The van der Waals surface area contributed by atoms with Gasteiger partial charge in [0.1, 0.15) is 5.60 Å². The molecule has 3 rings (SSSR count). The van der Waals surface area contributed by atoms with E-state index in [1.54, 1.807) is 0 Å². The Hall–Kier alpha value is -2.95. The first-order valence-corrected chi connectivity index (χ1v) is 12.9. The van der Waals surface area contributed by atoms with Crippen molar-refractivity contribution >= 4 is 21.6 Å². The summed E-state index contributed by atoms with van der Waals surface area (Å²) in [4.78, 5) is 15.9. The molecule has 1 unspecified atom stereocenters. The smallest absolute Gasteiger partial charge is 0.426 e. The van der Waals surface area contributed by atoms with Crippen molar-refractivity contribution in [2.75, 3.05) is 11.1 Å². The molecule has 2 N–H and O–H groups in total. The summed E-state index contributed by atoms with van der Waals surface area (Å²) < 4.78 is 119. The molecule has 0 saturated heterocycles. The first-order valence-electron chi connectivity index (χ1n) is 11.2. The average Bonchev–Trinajstić information content (AvgIpc) is 3.22. The molecule has 38 heavy (non-hydrogen) atoms. The van der Waals surface area contributed by atoms with E-state index in [0.29, 0.717) is 0 Å². The molecule has 0 radical (unpaired) electrons. The lowest BCUT2D eigenvalue weighted by molar-refractivity contribution is -0.277. The molecule has 0 spiro atoms. The van der Waals surface area contributed by atoms with Gasteiger partial charge in [-0.25, -0.2) is 18.2 Å². The first kappa shape index (κ1) is 29.6. The van der Waals surface area contributed by atoms with Crippen LogP contribution in [0.3, 0.4) is 0 Å². The highest BCUT2D eigenvalue weighted by atomic mass is 32.2. The lowest BCUT2D eigenvalue weighted by Gasteiger charge is -2.27. The van der Waals surface area contributed by atoms with Gasteiger partial charge in [0.25, 0.3) is 11.8 Å². The van der Waals surface area contributed by atoms with Gasteiger partial charge in [-0.3, -0.25) is 5.32 Å². The molecule has 1 aliphatic heterocycles. The average molecular weight is 575 g/mol. The molecule has 0 aliphatic carbocycles. The van der Waals surface area contributed by atoms with E-state index in [-0.39, 0.29) is 31.7 Å². The minimum Gasteiger partial charge on any atom is -0.444 e. The van der Waals surface area contributed by atoms with Crippen molar-refractivity contribution in [3.05, 3.63) is 17.5 Å². The summed E-state index contributed by atoms with van der Waals surface area (Å²) in [5.74, 6) is -3.10. The maximum atomic E-state index is 13.9. The molecular formula is C21H24F6N4O6S. The van der Waals surface area contributed by atoms with Crippen LogP contribution in [0.4, 0.5) is 36.8 Å². The van der Waals surface area contributed by atoms with Crippen LogP contribution >= 0.6 is 0 Å². The van der Waals surface area contributed by atoms with Crippen LogP contribution in [0.5, 0.6) is 0 Å². The Morgan fingerprint density at radius 2 is 1.71 bits per heavy atom. The van der Waals surface area contributed by atoms with Crippen LogP contribution in [-0.2, 0) is 26.4 Å². The Kier molecular flexibility index (Phi) is 7.77. The normalized spacial score (nSPS) is 20.9. The van der Waals surface area contributed by atoms with Crippen molar-refractivity contribution in [2.24, 2.45) is 0 Å².